The lowest BCUT2D eigenvalue weighted by Gasteiger charge is -2.15. The Morgan fingerprint density at radius 1 is 1.33 bits per heavy atom. The zero-order chi connectivity index (χ0) is 17.7. The van der Waals surface area contributed by atoms with E-state index in [0.717, 1.165) is 27.6 Å². The standard InChI is InChI=1S/C15H16F3N3O2S/c1-9-3-5-11-10(7-9)4-6-12(11)20-24(22,23)13-8-21(2)19-14(13)15(16,17)18/h3,5,7-8,12,20H,4,6H2,1-2H3. The Kier molecular flexibility index (Phi) is 3.95. The molecule has 1 heterocycles. The maximum Gasteiger partial charge on any atom is 0.436 e. The Balaban J connectivity index is 1.95. The van der Waals surface area contributed by atoms with Crippen molar-refractivity contribution >= 4 is 10.0 Å². The quantitative estimate of drug-likeness (QED) is 0.917. The zero-order valence-electron chi connectivity index (χ0n) is 13.1. The van der Waals surface area contributed by atoms with Crippen LogP contribution in [0, 0.1) is 6.92 Å². The van der Waals surface area contributed by atoms with Gasteiger partial charge in [-0.2, -0.15) is 18.3 Å². The van der Waals surface area contributed by atoms with E-state index in [9.17, 15) is 21.6 Å². The molecule has 0 bridgehead atoms. The molecule has 130 valence electrons. The van der Waals surface area contributed by atoms with Crippen LogP contribution >= 0.6 is 0 Å². The summed E-state index contributed by atoms with van der Waals surface area (Å²) < 4.78 is 67.3. The van der Waals surface area contributed by atoms with Gasteiger partial charge in [0.25, 0.3) is 0 Å². The summed E-state index contributed by atoms with van der Waals surface area (Å²) in [5.74, 6) is 0. The highest BCUT2D eigenvalue weighted by atomic mass is 32.2. The molecular formula is C15H16F3N3O2S. The van der Waals surface area contributed by atoms with Gasteiger partial charge in [0.1, 0.15) is 4.90 Å². The fourth-order valence-corrected chi connectivity index (χ4v) is 4.43. The van der Waals surface area contributed by atoms with Crippen molar-refractivity contribution in [3.05, 3.63) is 46.8 Å². The van der Waals surface area contributed by atoms with Crippen LogP contribution in [0.5, 0.6) is 0 Å². The van der Waals surface area contributed by atoms with Gasteiger partial charge in [0, 0.05) is 19.3 Å². The van der Waals surface area contributed by atoms with Gasteiger partial charge in [0.2, 0.25) is 10.0 Å². The Morgan fingerprint density at radius 2 is 2.04 bits per heavy atom. The minimum Gasteiger partial charge on any atom is -0.274 e. The van der Waals surface area contributed by atoms with Gasteiger partial charge in [0.05, 0.1) is 0 Å². The molecule has 24 heavy (non-hydrogen) atoms. The summed E-state index contributed by atoms with van der Waals surface area (Å²) in [6.07, 6.45) is -2.77. The van der Waals surface area contributed by atoms with E-state index in [2.05, 4.69) is 9.82 Å². The molecule has 3 rings (SSSR count). The molecular weight excluding hydrogens is 343 g/mol. The monoisotopic (exact) mass is 359 g/mol. The van der Waals surface area contributed by atoms with E-state index < -0.39 is 32.8 Å². The van der Waals surface area contributed by atoms with Gasteiger partial charge in [-0.1, -0.05) is 23.8 Å². The van der Waals surface area contributed by atoms with Crippen LogP contribution < -0.4 is 4.72 Å². The molecule has 9 heteroatoms. The summed E-state index contributed by atoms with van der Waals surface area (Å²) >= 11 is 0. The molecule has 1 aromatic heterocycles. The van der Waals surface area contributed by atoms with Gasteiger partial charge in [-0.15, -0.1) is 0 Å². The topological polar surface area (TPSA) is 64.0 Å². The van der Waals surface area contributed by atoms with E-state index >= 15 is 0 Å². The number of rotatable bonds is 3. The number of alkyl halides is 3. The second-order valence-electron chi connectivity index (χ2n) is 5.93. The molecule has 0 spiro atoms. The zero-order valence-corrected chi connectivity index (χ0v) is 13.9. The van der Waals surface area contributed by atoms with E-state index in [1.807, 2.05) is 25.1 Å². The molecule has 0 fully saturated rings. The number of aromatic nitrogens is 2. The molecule has 1 unspecified atom stereocenters. The van der Waals surface area contributed by atoms with Crippen molar-refractivity contribution in [1.82, 2.24) is 14.5 Å². The van der Waals surface area contributed by atoms with Crippen molar-refractivity contribution in [2.45, 2.75) is 36.9 Å². The maximum atomic E-state index is 13.0. The minimum atomic E-state index is -4.84. The molecule has 0 radical (unpaired) electrons. The Hall–Kier alpha value is -1.87. The van der Waals surface area contributed by atoms with E-state index in [4.69, 9.17) is 0 Å². The smallest absolute Gasteiger partial charge is 0.274 e. The first-order valence-corrected chi connectivity index (χ1v) is 8.79. The summed E-state index contributed by atoms with van der Waals surface area (Å²) in [5, 5.41) is 3.25. The highest BCUT2D eigenvalue weighted by molar-refractivity contribution is 7.89. The Labute approximate surface area is 137 Å². The molecule has 1 aliphatic rings. The Morgan fingerprint density at radius 3 is 2.71 bits per heavy atom. The Bertz CT molecular complexity index is 888. The number of nitrogens with zero attached hydrogens (tertiary/aromatic N) is 2. The van der Waals surface area contributed by atoms with Gasteiger partial charge in [0.15, 0.2) is 5.69 Å². The first kappa shape index (κ1) is 17.0. The molecule has 1 aliphatic carbocycles. The number of benzene rings is 1. The summed E-state index contributed by atoms with van der Waals surface area (Å²) in [6.45, 7) is 1.93. The van der Waals surface area contributed by atoms with Crippen LogP contribution in [0.3, 0.4) is 0 Å². The van der Waals surface area contributed by atoms with Crippen LogP contribution in [0.2, 0.25) is 0 Å². The molecule has 2 aromatic rings. The van der Waals surface area contributed by atoms with Crippen LogP contribution in [-0.2, 0) is 29.7 Å². The molecule has 0 saturated heterocycles. The lowest BCUT2D eigenvalue weighted by Crippen LogP contribution is -2.29. The highest BCUT2D eigenvalue weighted by Gasteiger charge is 2.41. The van der Waals surface area contributed by atoms with Crippen molar-refractivity contribution in [2.24, 2.45) is 7.05 Å². The second kappa shape index (κ2) is 5.59. The van der Waals surface area contributed by atoms with Crippen LogP contribution in [0.25, 0.3) is 0 Å². The van der Waals surface area contributed by atoms with Crippen LogP contribution in [0.1, 0.15) is 34.8 Å². The third-order valence-corrected chi connectivity index (χ3v) is 5.50. The normalized spacial score (nSPS) is 18.0. The van der Waals surface area contributed by atoms with Crippen LogP contribution in [-0.4, -0.2) is 18.2 Å². The average Bonchev–Trinajstić information content (AvgIpc) is 3.02. The molecule has 0 amide bonds. The van der Waals surface area contributed by atoms with E-state index in [0.29, 0.717) is 12.8 Å². The number of hydrogen-bond donors (Lipinski definition) is 1. The molecule has 0 aliphatic heterocycles. The van der Waals surface area contributed by atoms with Crippen molar-refractivity contribution < 1.29 is 21.6 Å². The van der Waals surface area contributed by atoms with Gasteiger partial charge < -0.3 is 0 Å². The maximum absolute atomic E-state index is 13.0. The molecule has 1 atom stereocenters. The average molecular weight is 359 g/mol. The number of aryl methyl sites for hydroxylation is 3. The predicted molar refractivity (Wildman–Crippen MR) is 80.8 cm³/mol. The largest absolute Gasteiger partial charge is 0.436 e. The lowest BCUT2D eigenvalue weighted by molar-refractivity contribution is -0.143. The molecule has 1 aromatic carbocycles. The SMILES string of the molecule is Cc1ccc2c(c1)CCC2NS(=O)(=O)c1cn(C)nc1C(F)(F)F. The first-order chi connectivity index (χ1) is 11.1. The molecule has 0 saturated carbocycles. The van der Waals surface area contributed by atoms with Crippen LogP contribution in [0.4, 0.5) is 13.2 Å². The summed E-state index contributed by atoms with van der Waals surface area (Å²) in [7, 11) is -3.09. The predicted octanol–water partition coefficient (Wildman–Crippen LogP) is 2.71. The van der Waals surface area contributed by atoms with Gasteiger partial charge in [-0.3, -0.25) is 4.68 Å². The first-order valence-electron chi connectivity index (χ1n) is 7.30. The van der Waals surface area contributed by atoms with Crippen molar-refractivity contribution in [3.8, 4) is 0 Å². The fraction of sp³-hybridized carbons (Fsp3) is 0.400. The number of fused-ring (bicyclic) bond motifs is 1. The van der Waals surface area contributed by atoms with E-state index in [1.165, 1.54) is 7.05 Å². The van der Waals surface area contributed by atoms with Crippen molar-refractivity contribution in [2.75, 3.05) is 0 Å². The summed E-state index contributed by atoms with van der Waals surface area (Å²) in [5.41, 5.74) is 1.48. The number of nitrogens with one attached hydrogen (secondary N) is 1. The van der Waals surface area contributed by atoms with Crippen LogP contribution in [0.15, 0.2) is 29.3 Å². The summed E-state index contributed by atoms with van der Waals surface area (Å²) in [4.78, 5) is -0.849. The van der Waals surface area contributed by atoms with E-state index in [-0.39, 0.29) is 0 Å². The highest BCUT2D eigenvalue weighted by Crippen LogP contribution is 2.36. The third-order valence-electron chi connectivity index (χ3n) is 4.03. The van der Waals surface area contributed by atoms with E-state index in [1.54, 1.807) is 0 Å². The fourth-order valence-electron chi connectivity index (χ4n) is 2.98. The van der Waals surface area contributed by atoms with Gasteiger partial charge in [-0.05, 0) is 30.9 Å². The third kappa shape index (κ3) is 3.05. The number of sulfonamides is 1. The van der Waals surface area contributed by atoms with Crippen molar-refractivity contribution in [1.29, 1.82) is 0 Å². The summed E-state index contributed by atoms with van der Waals surface area (Å²) in [6, 6.07) is 5.11. The van der Waals surface area contributed by atoms with Gasteiger partial charge >= 0.3 is 6.18 Å². The number of halogens is 3. The lowest BCUT2D eigenvalue weighted by atomic mass is 10.1. The van der Waals surface area contributed by atoms with Crippen molar-refractivity contribution in [3.63, 3.8) is 0 Å². The second-order valence-corrected chi connectivity index (χ2v) is 7.61. The minimum absolute atomic E-state index is 0.514. The van der Waals surface area contributed by atoms with Gasteiger partial charge in [-0.25, -0.2) is 13.1 Å². The molecule has 1 N–H and O–H groups in total. The number of hydrogen-bond acceptors (Lipinski definition) is 3. The molecule has 5 nitrogen and oxygen atoms in total.